The largest absolute Gasteiger partial charge is 0.479 e. The topological polar surface area (TPSA) is 67.4 Å². The molecule has 6 heteroatoms. The maximum Gasteiger partial charge on any atom is 0.265 e. The lowest BCUT2D eigenvalue weighted by molar-refractivity contribution is -0.122. The summed E-state index contributed by atoms with van der Waals surface area (Å²) in [6, 6.07) is 10.9. The van der Waals surface area contributed by atoms with E-state index >= 15 is 0 Å². The van der Waals surface area contributed by atoms with Gasteiger partial charge in [0.15, 0.2) is 6.10 Å². The second kappa shape index (κ2) is 6.08. The predicted octanol–water partition coefficient (Wildman–Crippen LogP) is 2.73. The monoisotopic (exact) mass is 314 g/mol. The second-order valence-corrected chi connectivity index (χ2v) is 5.32. The molecule has 0 bridgehead atoms. The maximum atomic E-state index is 13.1. The van der Waals surface area contributed by atoms with Crippen LogP contribution in [0.25, 0.3) is 0 Å². The fourth-order valence-electron chi connectivity index (χ4n) is 2.32. The van der Waals surface area contributed by atoms with Crippen LogP contribution in [0.2, 0.25) is 0 Å². The minimum atomic E-state index is -0.537. The summed E-state index contributed by atoms with van der Waals surface area (Å²) >= 11 is 0. The number of hydrogen-bond acceptors (Lipinski definition) is 3. The maximum absolute atomic E-state index is 13.1. The van der Waals surface area contributed by atoms with Crippen molar-refractivity contribution >= 4 is 23.2 Å². The smallest absolute Gasteiger partial charge is 0.265 e. The Balaban J connectivity index is 1.70. The van der Waals surface area contributed by atoms with Crippen molar-refractivity contribution in [3.8, 4) is 5.75 Å². The summed E-state index contributed by atoms with van der Waals surface area (Å²) in [5.74, 6) is -0.331. The molecule has 5 nitrogen and oxygen atoms in total. The van der Waals surface area contributed by atoms with Gasteiger partial charge in [-0.1, -0.05) is 12.1 Å². The average Bonchev–Trinajstić information content (AvgIpc) is 2.48. The number of anilines is 2. The Kier molecular flexibility index (Phi) is 3.97. The summed E-state index contributed by atoms with van der Waals surface area (Å²) < 4.78 is 18.6. The highest BCUT2D eigenvalue weighted by Gasteiger charge is 2.23. The van der Waals surface area contributed by atoms with Gasteiger partial charge >= 0.3 is 0 Å². The zero-order valence-corrected chi connectivity index (χ0v) is 12.4. The first kappa shape index (κ1) is 15.0. The van der Waals surface area contributed by atoms with Crippen molar-refractivity contribution in [3.63, 3.8) is 0 Å². The summed E-state index contributed by atoms with van der Waals surface area (Å²) in [5.41, 5.74) is 1.67. The second-order valence-electron chi connectivity index (χ2n) is 5.32. The average molecular weight is 314 g/mol. The van der Waals surface area contributed by atoms with Gasteiger partial charge in [-0.25, -0.2) is 4.39 Å². The van der Waals surface area contributed by atoms with Gasteiger partial charge in [-0.2, -0.15) is 0 Å². The van der Waals surface area contributed by atoms with Crippen molar-refractivity contribution in [1.29, 1.82) is 0 Å². The molecular weight excluding hydrogens is 299 g/mol. The highest BCUT2D eigenvalue weighted by atomic mass is 19.1. The third-order valence-corrected chi connectivity index (χ3v) is 3.45. The molecule has 118 valence electrons. The van der Waals surface area contributed by atoms with E-state index in [0.717, 1.165) is 5.56 Å². The fourth-order valence-corrected chi connectivity index (χ4v) is 2.32. The van der Waals surface area contributed by atoms with Gasteiger partial charge in [0.1, 0.15) is 11.6 Å². The molecule has 2 amide bonds. The van der Waals surface area contributed by atoms with Crippen LogP contribution in [0.1, 0.15) is 12.5 Å². The molecule has 0 aromatic heterocycles. The van der Waals surface area contributed by atoms with E-state index in [9.17, 15) is 14.0 Å². The molecule has 1 atom stereocenters. The number of rotatable bonds is 3. The van der Waals surface area contributed by atoms with Gasteiger partial charge in [0.2, 0.25) is 5.91 Å². The molecule has 1 aliphatic heterocycles. The molecule has 2 aromatic rings. The molecule has 0 saturated heterocycles. The van der Waals surface area contributed by atoms with Crippen molar-refractivity contribution in [3.05, 3.63) is 53.8 Å². The first-order valence-electron chi connectivity index (χ1n) is 7.17. The summed E-state index contributed by atoms with van der Waals surface area (Å²) in [7, 11) is 0. The molecule has 0 fully saturated rings. The molecular formula is C17H15FN2O3. The number of carbonyl (C=O) groups excluding carboxylic acids is 2. The Bertz CT molecular complexity index is 776. The lowest BCUT2D eigenvalue weighted by Gasteiger charge is -2.23. The Morgan fingerprint density at radius 2 is 2.13 bits per heavy atom. The quantitative estimate of drug-likeness (QED) is 0.915. The van der Waals surface area contributed by atoms with E-state index in [1.165, 1.54) is 18.2 Å². The van der Waals surface area contributed by atoms with Crippen LogP contribution < -0.4 is 15.4 Å². The van der Waals surface area contributed by atoms with Crippen LogP contribution in [0, 0.1) is 5.82 Å². The van der Waals surface area contributed by atoms with Crippen LogP contribution in [0.4, 0.5) is 15.8 Å². The number of nitrogens with one attached hydrogen (secondary N) is 2. The molecule has 0 aliphatic carbocycles. The molecule has 0 spiro atoms. The molecule has 2 N–H and O–H groups in total. The van der Waals surface area contributed by atoms with E-state index in [2.05, 4.69) is 10.6 Å². The van der Waals surface area contributed by atoms with E-state index < -0.39 is 11.9 Å². The van der Waals surface area contributed by atoms with Gasteiger partial charge in [0.05, 0.1) is 12.1 Å². The number of fused-ring (bicyclic) bond motifs is 1. The number of amides is 2. The van der Waals surface area contributed by atoms with Crippen LogP contribution in [-0.2, 0) is 16.0 Å². The highest BCUT2D eigenvalue weighted by Crippen LogP contribution is 2.30. The van der Waals surface area contributed by atoms with Gasteiger partial charge in [-0.15, -0.1) is 0 Å². The number of hydrogen-bond donors (Lipinski definition) is 2. The van der Waals surface area contributed by atoms with Gasteiger partial charge < -0.3 is 15.4 Å². The Labute approximate surface area is 132 Å². The summed E-state index contributed by atoms with van der Waals surface area (Å²) in [5, 5.41) is 5.36. The van der Waals surface area contributed by atoms with Crippen LogP contribution in [0.5, 0.6) is 5.75 Å². The van der Waals surface area contributed by atoms with Crippen LogP contribution in [0.3, 0.4) is 0 Å². The standard InChI is InChI=1S/C17H15FN2O3/c1-10-17(22)20-14-7-11(5-6-15(14)23-10)8-16(21)19-13-4-2-3-12(18)9-13/h2-7,9-10H,8H2,1H3,(H,19,21)(H,20,22). The Morgan fingerprint density at radius 3 is 2.91 bits per heavy atom. The van der Waals surface area contributed by atoms with Gasteiger partial charge in [0.25, 0.3) is 5.91 Å². The number of halogens is 1. The first-order chi connectivity index (χ1) is 11.0. The van der Waals surface area contributed by atoms with Crippen molar-refractivity contribution in [2.45, 2.75) is 19.4 Å². The minimum absolute atomic E-state index is 0.106. The van der Waals surface area contributed by atoms with E-state index in [4.69, 9.17) is 4.74 Å². The van der Waals surface area contributed by atoms with Gasteiger partial charge in [-0.05, 0) is 42.8 Å². The summed E-state index contributed by atoms with van der Waals surface area (Å²) in [6.07, 6.45) is -0.431. The molecule has 0 saturated carbocycles. The van der Waals surface area contributed by atoms with Crippen molar-refractivity contribution in [2.24, 2.45) is 0 Å². The third kappa shape index (κ3) is 3.48. The predicted molar refractivity (Wildman–Crippen MR) is 83.9 cm³/mol. The van der Waals surface area contributed by atoms with E-state index in [1.807, 2.05) is 0 Å². The summed E-state index contributed by atoms with van der Waals surface area (Å²) in [6.45, 7) is 1.67. The van der Waals surface area contributed by atoms with Crippen LogP contribution in [0.15, 0.2) is 42.5 Å². The normalized spacial score (nSPS) is 16.1. The van der Waals surface area contributed by atoms with Gasteiger partial charge in [0, 0.05) is 5.69 Å². The van der Waals surface area contributed by atoms with Crippen LogP contribution in [-0.4, -0.2) is 17.9 Å². The lowest BCUT2D eigenvalue weighted by Crippen LogP contribution is -2.34. The zero-order valence-electron chi connectivity index (χ0n) is 12.4. The SMILES string of the molecule is CC1Oc2ccc(CC(=O)Nc3cccc(F)c3)cc2NC1=O. The third-order valence-electron chi connectivity index (χ3n) is 3.45. The zero-order chi connectivity index (χ0) is 16.4. The van der Waals surface area contributed by atoms with Crippen molar-refractivity contribution in [2.75, 3.05) is 10.6 Å². The molecule has 1 aliphatic rings. The molecule has 1 unspecified atom stereocenters. The molecule has 0 radical (unpaired) electrons. The van der Waals surface area contributed by atoms with E-state index in [1.54, 1.807) is 31.2 Å². The number of benzene rings is 2. The lowest BCUT2D eigenvalue weighted by atomic mass is 10.1. The summed E-state index contributed by atoms with van der Waals surface area (Å²) in [4.78, 5) is 23.6. The van der Waals surface area contributed by atoms with E-state index in [-0.39, 0.29) is 18.2 Å². The van der Waals surface area contributed by atoms with E-state index in [0.29, 0.717) is 17.1 Å². The minimum Gasteiger partial charge on any atom is -0.479 e. The molecule has 3 rings (SSSR count). The molecule has 1 heterocycles. The number of carbonyl (C=O) groups is 2. The van der Waals surface area contributed by atoms with Gasteiger partial charge in [-0.3, -0.25) is 9.59 Å². The number of ether oxygens (including phenoxy) is 1. The van der Waals surface area contributed by atoms with Crippen molar-refractivity contribution in [1.82, 2.24) is 0 Å². The van der Waals surface area contributed by atoms with Crippen LogP contribution >= 0.6 is 0 Å². The molecule has 23 heavy (non-hydrogen) atoms. The Morgan fingerprint density at radius 1 is 1.30 bits per heavy atom. The fraction of sp³-hybridized carbons (Fsp3) is 0.176. The highest BCUT2D eigenvalue weighted by molar-refractivity contribution is 5.98. The van der Waals surface area contributed by atoms with Crippen molar-refractivity contribution < 1.29 is 18.7 Å². The molecule has 2 aromatic carbocycles. The Hall–Kier alpha value is -2.89. The first-order valence-corrected chi connectivity index (χ1v) is 7.17.